The lowest BCUT2D eigenvalue weighted by molar-refractivity contribution is 0.794. The fraction of sp³-hybridized carbons (Fsp3) is 0.240. The standard InChI is InChI=1S/C25H25N5.ClH/c1-15-12-16(2)22(17(3)13-15)23-19(5)28-30-24(23)27-18(4)21-8-11-29(25(21)30)14-20-6-9-26-10-7-20;/h6-13H,14H2,1-5H3;1H. The van der Waals surface area contributed by atoms with Gasteiger partial charge in [-0.2, -0.15) is 9.61 Å². The number of pyridine rings is 1. The molecule has 0 radical (unpaired) electrons. The molecule has 0 saturated heterocycles. The first-order chi connectivity index (χ1) is 14.4. The maximum Gasteiger partial charge on any atom is 0.165 e. The highest BCUT2D eigenvalue weighted by atomic mass is 35.5. The summed E-state index contributed by atoms with van der Waals surface area (Å²) in [5.74, 6) is 0. The summed E-state index contributed by atoms with van der Waals surface area (Å²) in [6, 6.07) is 10.7. The summed E-state index contributed by atoms with van der Waals surface area (Å²) < 4.78 is 4.27. The minimum Gasteiger partial charge on any atom is -0.328 e. The second-order valence-electron chi connectivity index (χ2n) is 8.20. The predicted octanol–water partition coefficient (Wildman–Crippen LogP) is 5.76. The summed E-state index contributed by atoms with van der Waals surface area (Å²) in [5.41, 5.74) is 11.4. The van der Waals surface area contributed by atoms with E-state index in [0.29, 0.717) is 0 Å². The van der Waals surface area contributed by atoms with Crippen molar-refractivity contribution < 1.29 is 0 Å². The van der Waals surface area contributed by atoms with Crippen molar-refractivity contribution in [1.29, 1.82) is 0 Å². The number of hydrogen-bond acceptors (Lipinski definition) is 3. The Labute approximate surface area is 188 Å². The number of halogens is 1. The molecular formula is C25H26ClN5. The summed E-state index contributed by atoms with van der Waals surface area (Å²) >= 11 is 0. The van der Waals surface area contributed by atoms with Crippen molar-refractivity contribution in [2.24, 2.45) is 0 Å². The Morgan fingerprint density at radius 1 is 0.839 bits per heavy atom. The number of fused-ring (bicyclic) bond motifs is 3. The van der Waals surface area contributed by atoms with Gasteiger partial charge >= 0.3 is 0 Å². The van der Waals surface area contributed by atoms with E-state index in [0.717, 1.165) is 40.2 Å². The molecule has 1 aromatic carbocycles. The van der Waals surface area contributed by atoms with Crippen LogP contribution in [0.4, 0.5) is 0 Å². The van der Waals surface area contributed by atoms with Gasteiger partial charge in [-0.25, -0.2) is 4.98 Å². The first-order valence-corrected chi connectivity index (χ1v) is 10.3. The topological polar surface area (TPSA) is 48.0 Å². The lowest BCUT2D eigenvalue weighted by Gasteiger charge is -2.12. The molecule has 0 spiro atoms. The fourth-order valence-electron chi connectivity index (χ4n) is 4.65. The van der Waals surface area contributed by atoms with Gasteiger partial charge in [0.15, 0.2) is 5.65 Å². The Hall–Kier alpha value is -3.18. The molecule has 0 bridgehead atoms. The second-order valence-corrected chi connectivity index (χ2v) is 8.20. The van der Waals surface area contributed by atoms with E-state index >= 15 is 0 Å². The molecule has 5 rings (SSSR count). The van der Waals surface area contributed by atoms with Crippen molar-refractivity contribution in [2.75, 3.05) is 0 Å². The van der Waals surface area contributed by atoms with Gasteiger partial charge in [-0.3, -0.25) is 4.98 Å². The van der Waals surface area contributed by atoms with Gasteiger partial charge in [0.25, 0.3) is 0 Å². The summed E-state index contributed by atoms with van der Waals surface area (Å²) in [4.78, 5) is 9.14. The summed E-state index contributed by atoms with van der Waals surface area (Å²) in [6.45, 7) is 11.4. The van der Waals surface area contributed by atoms with E-state index in [1.165, 1.54) is 27.8 Å². The number of benzene rings is 1. The zero-order valence-corrected chi connectivity index (χ0v) is 19.3. The van der Waals surface area contributed by atoms with Gasteiger partial charge in [0.2, 0.25) is 0 Å². The Morgan fingerprint density at radius 2 is 1.52 bits per heavy atom. The average molecular weight is 432 g/mol. The van der Waals surface area contributed by atoms with Crippen molar-refractivity contribution >= 4 is 29.1 Å². The maximum absolute atomic E-state index is 5.00. The van der Waals surface area contributed by atoms with Crippen LogP contribution in [-0.2, 0) is 6.54 Å². The number of nitrogens with zero attached hydrogens (tertiary/aromatic N) is 5. The third kappa shape index (κ3) is 3.39. The smallest absolute Gasteiger partial charge is 0.165 e. The molecule has 0 amide bonds. The molecule has 0 aliphatic rings. The van der Waals surface area contributed by atoms with Gasteiger partial charge in [-0.1, -0.05) is 17.7 Å². The second kappa shape index (κ2) is 7.82. The van der Waals surface area contributed by atoms with E-state index in [1.54, 1.807) is 0 Å². The maximum atomic E-state index is 5.00. The van der Waals surface area contributed by atoms with Gasteiger partial charge in [0.1, 0.15) is 5.65 Å². The van der Waals surface area contributed by atoms with E-state index in [-0.39, 0.29) is 12.4 Å². The lowest BCUT2D eigenvalue weighted by atomic mass is 9.94. The van der Waals surface area contributed by atoms with E-state index in [9.17, 15) is 0 Å². The molecule has 0 aliphatic carbocycles. The van der Waals surface area contributed by atoms with Crippen molar-refractivity contribution in [2.45, 2.75) is 41.2 Å². The van der Waals surface area contributed by atoms with Crippen LogP contribution in [0.3, 0.4) is 0 Å². The van der Waals surface area contributed by atoms with Crippen molar-refractivity contribution in [3.63, 3.8) is 0 Å². The van der Waals surface area contributed by atoms with Crippen molar-refractivity contribution in [3.8, 4) is 11.1 Å². The highest BCUT2D eigenvalue weighted by Crippen LogP contribution is 2.35. The van der Waals surface area contributed by atoms with Crippen LogP contribution in [0.25, 0.3) is 27.8 Å². The molecule has 5 nitrogen and oxygen atoms in total. The molecule has 5 aromatic rings. The minimum absolute atomic E-state index is 0. The highest BCUT2D eigenvalue weighted by molar-refractivity contribution is 5.89. The number of hydrogen-bond donors (Lipinski definition) is 0. The third-order valence-electron chi connectivity index (χ3n) is 5.86. The van der Waals surface area contributed by atoms with E-state index in [4.69, 9.17) is 10.1 Å². The summed E-state index contributed by atoms with van der Waals surface area (Å²) in [6.07, 6.45) is 5.79. The zero-order chi connectivity index (χ0) is 21.0. The van der Waals surface area contributed by atoms with Crippen LogP contribution in [0.15, 0.2) is 48.9 Å². The molecule has 6 heteroatoms. The number of aromatic nitrogens is 5. The first-order valence-electron chi connectivity index (χ1n) is 10.3. The quantitative estimate of drug-likeness (QED) is 0.365. The number of aryl methyl sites for hydroxylation is 5. The SMILES string of the molecule is Cc1cc(C)c(-c2c(C)nn3c2nc(C)c2ccn(Cc4ccncc4)c23)c(C)c1.Cl. The van der Waals surface area contributed by atoms with Crippen LogP contribution in [0.5, 0.6) is 0 Å². The minimum atomic E-state index is 0. The zero-order valence-electron chi connectivity index (χ0n) is 18.5. The van der Waals surface area contributed by atoms with E-state index < -0.39 is 0 Å². The first kappa shape index (κ1) is 21.1. The summed E-state index contributed by atoms with van der Waals surface area (Å²) in [5, 5.41) is 6.09. The number of rotatable bonds is 3. The molecule has 0 saturated carbocycles. The monoisotopic (exact) mass is 431 g/mol. The normalized spacial score (nSPS) is 11.3. The molecule has 0 aliphatic heterocycles. The molecule has 0 unspecified atom stereocenters. The van der Waals surface area contributed by atoms with Crippen molar-refractivity contribution in [3.05, 3.63) is 82.6 Å². The van der Waals surface area contributed by atoms with E-state index in [2.05, 4.69) is 80.7 Å². The van der Waals surface area contributed by atoms with Gasteiger partial charge in [0.05, 0.1) is 17.0 Å². The van der Waals surface area contributed by atoms with Gasteiger partial charge in [-0.05, 0) is 75.1 Å². The largest absolute Gasteiger partial charge is 0.328 e. The van der Waals surface area contributed by atoms with Gasteiger partial charge < -0.3 is 4.57 Å². The Kier molecular flexibility index (Phi) is 5.31. The predicted molar refractivity (Wildman–Crippen MR) is 128 cm³/mol. The Morgan fingerprint density at radius 3 is 2.19 bits per heavy atom. The van der Waals surface area contributed by atoms with Crippen LogP contribution in [0.1, 0.15) is 33.6 Å². The van der Waals surface area contributed by atoms with Crippen molar-refractivity contribution in [1.82, 2.24) is 24.1 Å². The van der Waals surface area contributed by atoms with Crippen LogP contribution < -0.4 is 0 Å². The van der Waals surface area contributed by atoms with E-state index in [1.807, 2.05) is 16.9 Å². The van der Waals surface area contributed by atoms with Crippen LogP contribution >= 0.6 is 12.4 Å². The van der Waals surface area contributed by atoms with Crippen LogP contribution in [0.2, 0.25) is 0 Å². The molecule has 0 atom stereocenters. The molecule has 31 heavy (non-hydrogen) atoms. The van der Waals surface area contributed by atoms with Crippen LogP contribution in [0, 0.1) is 34.6 Å². The fourth-order valence-corrected chi connectivity index (χ4v) is 4.65. The summed E-state index contributed by atoms with van der Waals surface area (Å²) in [7, 11) is 0. The average Bonchev–Trinajstić information content (AvgIpc) is 3.24. The van der Waals surface area contributed by atoms with Gasteiger partial charge in [-0.15, -0.1) is 12.4 Å². The molecule has 158 valence electrons. The van der Waals surface area contributed by atoms with Crippen LogP contribution in [-0.4, -0.2) is 24.1 Å². The Bertz CT molecular complexity index is 1390. The highest BCUT2D eigenvalue weighted by Gasteiger charge is 2.21. The molecule has 0 N–H and O–H groups in total. The third-order valence-corrected chi connectivity index (χ3v) is 5.86. The molecular weight excluding hydrogens is 406 g/mol. The molecule has 0 fully saturated rings. The molecule has 4 aromatic heterocycles. The van der Waals surface area contributed by atoms with Gasteiger partial charge in [0, 0.05) is 30.5 Å². The lowest BCUT2D eigenvalue weighted by Crippen LogP contribution is -2.04. The Balaban J connectivity index is 0.00000231. The molecule has 4 heterocycles.